The first-order valence-electron chi connectivity index (χ1n) is 13.5. The lowest BCUT2D eigenvalue weighted by Gasteiger charge is -2.62. The largest absolute Gasteiger partial charge is 0.458 e. The van der Waals surface area contributed by atoms with Crippen LogP contribution >= 0.6 is 0 Å². The van der Waals surface area contributed by atoms with E-state index in [1.807, 2.05) is 33.8 Å². The van der Waals surface area contributed by atoms with E-state index in [4.69, 9.17) is 18.9 Å². The number of aliphatic hydroxyl groups is 1. The predicted octanol–water partition coefficient (Wildman–Crippen LogP) is 4.34. The molecule has 0 aromatic heterocycles. The molecule has 8 heteroatoms. The van der Waals surface area contributed by atoms with Crippen LogP contribution in [-0.2, 0) is 23.7 Å². The minimum atomic E-state index is -1.26. The molecule has 8 atom stereocenters. The van der Waals surface area contributed by atoms with Gasteiger partial charge in [-0.05, 0) is 63.8 Å². The van der Waals surface area contributed by atoms with Crippen LogP contribution in [-0.4, -0.2) is 58.6 Å². The van der Waals surface area contributed by atoms with Gasteiger partial charge in [-0.25, -0.2) is 9.59 Å². The lowest BCUT2D eigenvalue weighted by Crippen LogP contribution is -2.76. The van der Waals surface area contributed by atoms with Crippen molar-refractivity contribution < 1.29 is 38.4 Å². The van der Waals surface area contributed by atoms with Crippen molar-refractivity contribution in [2.75, 3.05) is 0 Å². The topological polar surface area (TPSA) is 108 Å². The second-order valence-electron chi connectivity index (χ2n) is 11.8. The van der Waals surface area contributed by atoms with Crippen molar-refractivity contribution >= 4 is 17.9 Å². The number of ether oxygens (including phenoxy) is 4. The number of carbonyl (C=O) groups excluding carboxylic acids is 3. The van der Waals surface area contributed by atoms with Crippen molar-refractivity contribution in [2.24, 2.45) is 17.3 Å². The highest BCUT2D eigenvalue weighted by atomic mass is 16.6. The molecule has 1 heterocycles. The highest BCUT2D eigenvalue weighted by molar-refractivity contribution is 5.90. The van der Waals surface area contributed by atoms with Crippen LogP contribution in [0.3, 0.4) is 0 Å². The van der Waals surface area contributed by atoms with E-state index < -0.39 is 64.9 Å². The monoisotopic (exact) mass is 536 g/mol. The zero-order valence-electron chi connectivity index (χ0n) is 23.0. The van der Waals surface area contributed by atoms with Crippen LogP contribution < -0.4 is 0 Å². The van der Waals surface area contributed by atoms with Gasteiger partial charge in [0.05, 0.1) is 34.2 Å². The van der Waals surface area contributed by atoms with Gasteiger partial charge in [0.25, 0.3) is 0 Å². The van der Waals surface area contributed by atoms with E-state index in [0.717, 1.165) is 0 Å². The number of hydrogen-bond donors (Lipinski definition) is 1. The predicted molar refractivity (Wildman–Crippen MR) is 141 cm³/mol. The van der Waals surface area contributed by atoms with Crippen molar-refractivity contribution in [3.05, 3.63) is 71.8 Å². The number of rotatable bonds is 5. The Bertz CT molecular complexity index is 1240. The Hall–Kier alpha value is -3.23. The molecule has 3 fully saturated rings. The molecule has 39 heavy (non-hydrogen) atoms. The van der Waals surface area contributed by atoms with Crippen LogP contribution in [0.5, 0.6) is 0 Å². The summed E-state index contributed by atoms with van der Waals surface area (Å²) in [7, 11) is 0. The zero-order chi connectivity index (χ0) is 28.2. The van der Waals surface area contributed by atoms with E-state index in [9.17, 15) is 19.5 Å². The molecular weight excluding hydrogens is 500 g/mol. The maximum atomic E-state index is 13.5. The first-order valence-corrected chi connectivity index (χ1v) is 13.5. The molecule has 2 saturated carbocycles. The molecule has 1 spiro atoms. The van der Waals surface area contributed by atoms with Gasteiger partial charge in [0.2, 0.25) is 0 Å². The van der Waals surface area contributed by atoms with Gasteiger partial charge in [-0.3, -0.25) is 4.79 Å². The van der Waals surface area contributed by atoms with E-state index in [1.165, 1.54) is 6.92 Å². The summed E-state index contributed by atoms with van der Waals surface area (Å²) in [5.74, 6) is -2.57. The fraction of sp³-hybridized carbons (Fsp3) is 0.516. The SMILES string of the molecule is CC(=O)O[C@@H]1[C@@H]2[C@H](O)[C@]3(OC2(C)C)[C@H](C)CC[C@H](OC(=O)c2ccccc2)[C@@]3(C)[C@@H]1OC(=O)c1ccccc1. The number of carbonyl (C=O) groups is 3. The van der Waals surface area contributed by atoms with E-state index >= 15 is 0 Å². The van der Waals surface area contributed by atoms with E-state index in [0.29, 0.717) is 24.0 Å². The molecule has 3 aliphatic rings. The van der Waals surface area contributed by atoms with Gasteiger partial charge in [0.15, 0.2) is 6.10 Å². The first kappa shape index (κ1) is 27.3. The first-order chi connectivity index (χ1) is 18.4. The highest BCUT2D eigenvalue weighted by Gasteiger charge is 2.81. The average molecular weight is 537 g/mol. The molecule has 0 unspecified atom stereocenters. The normalized spacial score (nSPS) is 36.4. The van der Waals surface area contributed by atoms with Crippen molar-refractivity contribution in [3.63, 3.8) is 0 Å². The van der Waals surface area contributed by atoms with Crippen LogP contribution in [0.15, 0.2) is 60.7 Å². The molecule has 1 saturated heterocycles. The number of fused-ring (bicyclic) bond motifs is 1. The number of esters is 3. The van der Waals surface area contributed by atoms with Crippen molar-refractivity contribution in [1.29, 1.82) is 0 Å². The maximum absolute atomic E-state index is 13.5. The summed E-state index contributed by atoms with van der Waals surface area (Å²) in [5.41, 5.74) is -2.72. The number of aliphatic hydroxyl groups excluding tert-OH is 1. The summed E-state index contributed by atoms with van der Waals surface area (Å²) in [4.78, 5) is 39.2. The Kier molecular flexibility index (Phi) is 6.84. The third kappa shape index (κ3) is 4.16. The minimum Gasteiger partial charge on any atom is -0.458 e. The molecule has 8 nitrogen and oxygen atoms in total. The third-order valence-corrected chi connectivity index (χ3v) is 9.17. The molecule has 1 aliphatic heterocycles. The van der Waals surface area contributed by atoms with Crippen LogP contribution in [0.25, 0.3) is 0 Å². The summed E-state index contributed by atoms with van der Waals surface area (Å²) >= 11 is 0. The lowest BCUT2D eigenvalue weighted by atomic mass is 9.48. The Labute approximate surface area is 228 Å². The van der Waals surface area contributed by atoms with Gasteiger partial charge >= 0.3 is 17.9 Å². The van der Waals surface area contributed by atoms with Crippen molar-refractivity contribution in [2.45, 2.75) is 83.1 Å². The zero-order valence-corrected chi connectivity index (χ0v) is 23.0. The second-order valence-corrected chi connectivity index (χ2v) is 11.8. The van der Waals surface area contributed by atoms with Crippen LogP contribution in [0.2, 0.25) is 0 Å². The molecule has 2 bridgehead atoms. The molecule has 2 aliphatic carbocycles. The quantitative estimate of drug-likeness (QED) is 0.444. The highest BCUT2D eigenvalue weighted by Crippen LogP contribution is 2.67. The summed E-state index contributed by atoms with van der Waals surface area (Å²) in [6.45, 7) is 8.80. The van der Waals surface area contributed by atoms with Crippen LogP contribution in [0.4, 0.5) is 0 Å². The fourth-order valence-corrected chi connectivity index (χ4v) is 7.47. The van der Waals surface area contributed by atoms with Crippen LogP contribution in [0, 0.1) is 17.3 Å². The summed E-state index contributed by atoms with van der Waals surface area (Å²) in [6, 6.07) is 17.2. The Morgan fingerprint density at radius 3 is 1.92 bits per heavy atom. The smallest absolute Gasteiger partial charge is 0.338 e. The molecule has 0 amide bonds. The molecule has 0 radical (unpaired) electrons. The Morgan fingerprint density at radius 2 is 1.38 bits per heavy atom. The van der Waals surface area contributed by atoms with Crippen molar-refractivity contribution in [3.8, 4) is 0 Å². The maximum Gasteiger partial charge on any atom is 0.338 e. The van der Waals surface area contributed by atoms with E-state index in [2.05, 4.69) is 0 Å². The molecule has 2 aromatic carbocycles. The van der Waals surface area contributed by atoms with Gasteiger partial charge in [0.1, 0.15) is 17.8 Å². The number of benzene rings is 2. The van der Waals surface area contributed by atoms with Crippen LogP contribution in [0.1, 0.15) is 68.2 Å². The van der Waals surface area contributed by atoms with Crippen molar-refractivity contribution in [1.82, 2.24) is 0 Å². The minimum absolute atomic E-state index is 0.176. The molecule has 1 N–H and O–H groups in total. The fourth-order valence-electron chi connectivity index (χ4n) is 7.47. The lowest BCUT2D eigenvalue weighted by molar-refractivity contribution is -0.294. The molecule has 2 aromatic rings. The molecular formula is C31H36O8. The van der Waals surface area contributed by atoms with E-state index in [1.54, 1.807) is 54.6 Å². The van der Waals surface area contributed by atoms with Gasteiger partial charge < -0.3 is 24.1 Å². The van der Waals surface area contributed by atoms with Gasteiger partial charge in [-0.2, -0.15) is 0 Å². The van der Waals surface area contributed by atoms with Gasteiger partial charge in [0, 0.05) is 6.92 Å². The van der Waals surface area contributed by atoms with Gasteiger partial charge in [-0.15, -0.1) is 0 Å². The third-order valence-electron chi connectivity index (χ3n) is 9.17. The van der Waals surface area contributed by atoms with Gasteiger partial charge in [-0.1, -0.05) is 43.3 Å². The number of hydrogen-bond acceptors (Lipinski definition) is 8. The second kappa shape index (κ2) is 9.75. The Morgan fingerprint density at radius 1 is 0.846 bits per heavy atom. The van der Waals surface area contributed by atoms with E-state index in [-0.39, 0.29) is 5.92 Å². The molecule has 208 valence electrons. The Balaban J connectivity index is 1.65. The molecule has 5 rings (SSSR count). The summed E-state index contributed by atoms with van der Waals surface area (Å²) in [6.07, 6.45) is -2.92. The standard InChI is InChI=1S/C31H36O8/c1-18-16-17-22(37-27(34)20-12-8-6-9-13-20)30(5)26(38-28(35)21-14-10-7-11-15-21)24(36-19(2)32)23-25(33)31(18,30)39-29(23,3)4/h6-15,18,22-26,33H,16-17H2,1-5H3/t18-,22+,23-,24-,25+,26-,30+,31-/m1/s1. The summed E-state index contributed by atoms with van der Waals surface area (Å²) < 4.78 is 25.1. The summed E-state index contributed by atoms with van der Waals surface area (Å²) in [5, 5.41) is 12.0. The average Bonchev–Trinajstić information content (AvgIpc) is 3.09.